The smallest absolute Gasteiger partial charge is 0.177 e. The Morgan fingerprint density at radius 3 is 2.67 bits per heavy atom. The number of ether oxygens (including phenoxy) is 3. The lowest BCUT2D eigenvalue weighted by atomic mass is 10.2. The molecule has 0 aliphatic carbocycles. The van der Waals surface area contributed by atoms with Crippen LogP contribution in [0, 0.1) is 0 Å². The maximum Gasteiger partial charge on any atom is 0.177 e. The normalized spacial score (nSPS) is 18.4. The maximum atomic E-state index is 12.9. The van der Waals surface area contributed by atoms with Gasteiger partial charge in [0.05, 0.1) is 58.3 Å². The first-order valence-electron chi connectivity index (χ1n) is 12.9. The van der Waals surface area contributed by atoms with E-state index < -0.39 is 11.5 Å². The third kappa shape index (κ3) is 7.02. The van der Waals surface area contributed by atoms with Gasteiger partial charge in [-0.3, -0.25) is 0 Å². The van der Waals surface area contributed by atoms with Gasteiger partial charge < -0.3 is 28.6 Å². The Bertz CT molecular complexity index is 1290. The van der Waals surface area contributed by atoms with Gasteiger partial charge in [0.1, 0.15) is 29.7 Å². The Morgan fingerprint density at radius 1 is 1.23 bits per heavy atom. The number of imidazole rings is 1. The molecule has 0 spiro atoms. The number of anilines is 1. The highest BCUT2D eigenvalue weighted by Gasteiger charge is 2.24. The molecule has 0 bridgehead atoms. The van der Waals surface area contributed by atoms with E-state index in [1.54, 1.807) is 55.2 Å². The summed E-state index contributed by atoms with van der Waals surface area (Å²) in [4.78, 5) is 23.2. The monoisotopic (exact) mass is 588 g/mol. The van der Waals surface area contributed by atoms with Crippen molar-refractivity contribution in [1.82, 2.24) is 18.2 Å². The van der Waals surface area contributed by atoms with Gasteiger partial charge in [0.25, 0.3) is 0 Å². The molecular formula is C26H37N8O4PS. The Hall–Kier alpha value is -2.96. The molecule has 3 heterocycles. The van der Waals surface area contributed by atoms with Gasteiger partial charge in [0, 0.05) is 44.6 Å². The van der Waals surface area contributed by atoms with Crippen LogP contribution in [0.2, 0.25) is 0 Å². The van der Waals surface area contributed by atoms with E-state index in [0.29, 0.717) is 42.9 Å². The van der Waals surface area contributed by atoms with Crippen molar-refractivity contribution in [2.24, 2.45) is 15.0 Å². The molecule has 2 atom stereocenters. The van der Waals surface area contributed by atoms with Gasteiger partial charge in [0.2, 0.25) is 0 Å². The number of morpholine rings is 1. The second kappa shape index (κ2) is 14.1. The molecule has 4 rings (SSSR count). The van der Waals surface area contributed by atoms with Crippen LogP contribution in [0.1, 0.15) is 19.2 Å². The lowest BCUT2D eigenvalue weighted by Gasteiger charge is -2.29. The summed E-state index contributed by atoms with van der Waals surface area (Å²) in [6, 6.07) is 3.75. The van der Waals surface area contributed by atoms with Gasteiger partial charge >= 0.3 is 0 Å². The molecule has 1 aromatic heterocycles. The summed E-state index contributed by atoms with van der Waals surface area (Å²) in [6.45, 7) is 5.41. The highest BCUT2D eigenvalue weighted by atomic mass is 32.2. The van der Waals surface area contributed by atoms with E-state index in [9.17, 15) is 4.55 Å². The van der Waals surface area contributed by atoms with Crippen LogP contribution in [0.15, 0.2) is 51.3 Å². The minimum atomic E-state index is -1.43. The van der Waals surface area contributed by atoms with E-state index in [1.165, 1.54) is 0 Å². The van der Waals surface area contributed by atoms with Gasteiger partial charge in [-0.25, -0.2) is 20.0 Å². The fourth-order valence-corrected chi connectivity index (χ4v) is 5.46. The van der Waals surface area contributed by atoms with Crippen molar-refractivity contribution in [3.63, 3.8) is 0 Å². The van der Waals surface area contributed by atoms with Crippen LogP contribution in [-0.4, -0.2) is 102 Å². The van der Waals surface area contributed by atoms with E-state index in [0.717, 1.165) is 42.0 Å². The molecule has 0 radical (unpaired) electrons. The minimum absolute atomic E-state index is 0.227. The number of methoxy groups -OCH3 is 2. The van der Waals surface area contributed by atoms with Crippen molar-refractivity contribution >= 4 is 49.7 Å². The van der Waals surface area contributed by atoms with Crippen LogP contribution in [0.3, 0.4) is 0 Å². The fourth-order valence-electron chi connectivity index (χ4n) is 4.20. The predicted molar refractivity (Wildman–Crippen MR) is 164 cm³/mol. The molecule has 1 saturated heterocycles. The van der Waals surface area contributed by atoms with Crippen LogP contribution in [-0.2, 0) is 22.8 Å². The summed E-state index contributed by atoms with van der Waals surface area (Å²) < 4.78 is 32.9. The van der Waals surface area contributed by atoms with E-state index in [-0.39, 0.29) is 6.67 Å². The van der Waals surface area contributed by atoms with Crippen molar-refractivity contribution in [3.8, 4) is 11.5 Å². The number of rotatable bonds is 10. The van der Waals surface area contributed by atoms with Gasteiger partial charge in [-0.2, -0.15) is 0 Å². The average molecular weight is 589 g/mol. The second-order valence-corrected chi connectivity index (χ2v) is 11.3. The van der Waals surface area contributed by atoms with Crippen molar-refractivity contribution in [1.29, 1.82) is 0 Å². The highest BCUT2D eigenvalue weighted by molar-refractivity contribution is 7.87. The summed E-state index contributed by atoms with van der Waals surface area (Å²) in [5.74, 6) is 3.22. The van der Waals surface area contributed by atoms with Gasteiger partial charge in [-0.05, 0) is 6.42 Å². The largest absolute Gasteiger partial charge is 0.573 e. The summed E-state index contributed by atoms with van der Waals surface area (Å²) in [5, 5.41) is 0.832. The number of nitrogens with zero attached hydrogens (tertiary/aromatic N) is 8. The summed E-state index contributed by atoms with van der Waals surface area (Å²) >= 11 is -1.43. The minimum Gasteiger partial charge on any atom is -0.573 e. The fraction of sp³-hybridized carbons (Fsp3) is 0.462. The molecule has 12 nitrogen and oxygen atoms in total. The zero-order valence-corrected chi connectivity index (χ0v) is 25.6. The highest BCUT2D eigenvalue weighted by Crippen LogP contribution is 2.30. The van der Waals surface area contributed by atoms with Crippen LogP contribution in [0.4, 0.5) is 5.69 Å². The SMILES string of the molecule is CC/C=C1/N=CC(N2CCOCC2)=NC1=NCN(Cc1nccn1[S+]([O-])N(C)C)c1cc(OC)cc(OC)c1P. The molecular weight excluding hydrogens is 551 g/mol. The first kappa shape index (κ1) is 30.0. The zero-order valence-electron chi connectivity index (χ0n) is 23.6. The van der Waals surface area contributed by atoms with Crippen LogP contribution in [0.5, 0.6) is 11.5 Å². The lowest BCUT2D eigenvalue weighted by Crippen LogP contribution is -2.42. The number of benzene rings is 1. The number of allylic oxidation sites excluding steroid dienone is 1. The van der Waals surface area contributed by atoms with E-state index >= 15 is 0 Å². The topological polar surface area (TPSA) is 115 Å². The molecule has 2 aliphatic heterocycles. The van der Waals surface area contributed by atoms with Crippen molar-refractivity contribution in [2.75, 3.05) is 66.2 Å². The van der Waals surface area contributed by atoms with Crippen LogP contribution in [0.25, 0.3) is 0 Å². The standard InChI is InChI=1S/C26H37N8O4PS/c1-6-7-20-26(30-23(16-28-20)32-10-12-38-13-11-32)29-18-33(17-24-27-8-9-34(24)40(35)31(2)3)21-14-19(36-4)15-22(37-5)25(21)39/h7-9,14-16H,6,10-13,17-18,39H2,1-5H3/b20-7+,29-26?. The van der Waals surface area contributed by atoms with Gasteiger partial charge in [0.15, 0.2) is 23.2 Å². The number of amidine groups is 2. The molecule has 2 aromatic rings. The van der Waals surface area contributed by atoms with E-state index in [2.05, 4.69) is 31.0 Å². The Balaban J connectivity index is 1.74. The number of hydrogen-bond acceptors (Lipinski definition) is 10. The molecule has 40 heavy (non-hydrogen) atoms. The first-order valence-corrected chi connectivity index (χ1v) is 14.6. The quantitative estimate of drug-likeness (QED) is 0.305. The third-order valence-corrected chi connectivity index (χ3v) is 8.15. The molecule has 1 aromatic carbocycles. The molecule has 0 N–H and O–H groups in total. The summed E-state index contributed by atoms with van der Waals surface area (Å²) in [5.41, 5.74) is 1.54. The molecule has 14 heteroatoms. The molecule has 1 fully saturated rings. The van der Waals surface area contributed by atoms with Gasteiger partial charge in [-0.15, -0.1) is 8.28 Å². The maximum absolute atomic E-state index is 12.9. The van der Waals surface area contributed by atoms with Gasteiger partial charge in [-0.1, -0.05) is 22.2 Å². The van der Waals surface area contributed by atoms with Crippen LogP contribution < -0.4 is 19.7 Å². The van der Waals surface area contributed by atoms with Crippen molar-refractivity contribution in [3.05, 3.63) is 42.1 Å². The number of aliphatic imine (C=N–C) groups is 3. The lowest BCUT2D eigenvalue weighted by molar-refractivity contribution is 0.0690. The summed E-state index contributed by atoms with van der Waals surface area (Å²) in [7, 11) is 9.49. The molecule has 216 valence electrons. The Labute approximate surface area is 241 Å². The first-order chi connectivity index (χ1) is 19.4. The molecule has 0 saturated carbocycles. The van der Waals surface area contributed by atoms with E-state index in [1.807, 2.05) is 23.1 Å². The Kier molecular flexibility index (Phi) is 10.6. The second-order valence-electron chi connectivity index (χ2n) is 9.12. The van der Waals surface area contributed by atoms with Crippen molar-refractivity contribution in [2.45, 2.75) is 19.9 Å². The predicted octanol–water partition coefficient (Wildman–Crippen LogP) is 1.86. The molecule has 2 aliphatic rings. The number of hydrogen-bond donors (Lipinski definition) is 0. The van der Waals surface area contributed by atoms with E-state index in [4.69, 9.17) is 24.2 Å². The Morgan fingerprint density at radius 2 is 2.00 bits per heavy atom. The zero-order chi connectivity index (χ0) is 28.6. The third-order valence-electron chi connectivity index (χ3n) is 6.28. The average Bonchev–Trinajstić information content (AvgIpc) is 3.44. The molecule has 0 amide bonds. The number of aromatic nitrogens is 2. The van der Waals surface area contributed by atoms with Crippen LogP contribution >= 0.6 is 9.24 Å². The summed E-state index contributed by atoms with van der Waals surface area (Å²) in [6.07, 6.45) is 7.96. The van der Waals surface area contributed by atoms with Crippen molar-refractivity contribution < 1.29 is 18.8 Å². The molecule has 2 unspecified atom stereocenters.